The van der Waals surface area contributed by atoms with Crippen molar-refractivity contribution in [3.8, 4) is 11.5 Å². The van der Waals surface area contributed by atoms with Gasteiger partial charge in [-0.25, -0.2) is 9.78 Å². The van der Waals surface area contributed by atoms with Gasteiger partial charge in [-0.05, 0) is 31.2 Å². The lowest BCUT2D eigenvalue weighted by atomic mass is 10.1. The van der Waals surface area contributed by atoms with Crippen LogP contribution in [0.25, 0.3) is 22.6 Å². The summed E-state index contributed by atoms with van der Waals surface area (Å²) in [5, 5.41) is 0. The van der Waals surface area contributed by atoms with Crippen molar-refractivity contribution in [2.24, 2.45) is 0 Å². The Hall–Kier alpha value is -3.73. The summed E-state index contributed by atoms with van der Waals surface area (Å²) in [6.07, 6.45) is 0. The van der Waals surface area contributed by atoms with Crippen LogP contribution in [0.4, 0.5) is 0 Å². The van der Waals surface area contributed by atoms with Gasteiger partial charge in [0, 0.05) is 5.56 Å². The van der Waals surface area contributed by atoms with Crippen molar-refractivity contribution in [3.63, 3.8) is 0 Å². The van der Waals surface area contributed by atoms with Crippen LogP contribution in [0.5, 0.6) is 0 Å². The van der Waals surface area contributed by atoms with Crippen LogP contribution in [0.1, 0.15) is 26.3 Å². The minimum Gasteiger partial charge on any atom is -0.454 e. The van der Waals surface area contributed by atoms with E-state index in [2.05, 4.69) is 4.98 Å². The summed E-state index contributed by atoms with van der Waals surface area (Å²) in [6, 6.07) is 21.4. The molecule has 4 aromatic rings. The molecule has 1 heterocycles. The number of para-hydroxylation sites is 2. The third-order valence-electron chi connectivity index (χ3n) is 4.38. The average Bonchev–Trinajstić information content (AvgIpc) is 3.16. The van der Waals surface area contributed by atoms with Crippen molar-refractivity contribution in [3.05, 3.63) is 89.5 Å². The molecular weight excluding hydrogens is 354 g/mol. The highest BCUT2D eigenvalue weighted by atomic mass is 16.5. The second-order valence-electron chi connectivity index (χ2n) is 6.40. The molecule has 0 saturated heterocycles. The minimum absolute atomic E-state index is 0.257. The maximum Gasteiger partial charge on any atom is 0.339 e. The van der Waals surface area contributed by atoms with E-state index in [4.69, 9.17) is 9.15 Å². The van der Waals surface area contributed by atoms with Gasteiger partial charge < -0.3 is 9.15 Å². The van der Waals surface area contributed by atoms with Crippen molar-refractivity contribution >= 4 is 22.9 Å². The number of benzene rings is 3. The predicted molar refractivity (Wildman–Crippen MR) is 105 cm³/mol. The van der Waals surface area contributed by atoms with Crippen LogP contribution in [-0.4, -0.2) is 23.3 Å². The van der Waals surface area contributed by atoms with E-state index in [1.165, 1.54) is 0 Å². The number of hydrogen-bond acceptors (Lipinski definition) is 5. The Kier molecular flexibility index (Phi) is 4.72. The molecule has 5 heteroatoms. The number of rotatable bonds is 5. The number of aryl methyl sites for hydroxylation is 1. The van der Waals surface area contributed by atoms with Gasteiger partial charge in [-0.2, -0.15) is 0 Å². The van der Waals surface area contributed by atoms with Gasteiger partial charge in [-0.1, -0.05) is 54.1 Å². The Morgan fingerprint density at radius 2 is 1.64 bits per heavy atom. The van der Waals surface area contributed by atoms with Crippen LogP contribution >= 0.6 is 0 Å². The number of carbonyl (C=O) groups is 2. The van der Waals surface area contributed by atoms with Crippen molar-refractivity contribution in [2.75, 3.05) is 6.61 Å². The van der Waals surface area contributed by atoms with Crippen LogP contribution in [0.15, 0.2) is 77.2 Å². The zero-order chi connectivity index (χ0) is 19.5. The standard InChI is InChI=1S/C23H17NO4/c1-15-10-12-16(13-11-15)20(25)14-27-23(26)18-7-3-2-6-17(18)22-24-19-8-4-5-9-21(19)28-22/h2-13H,14H2,1H3. The van der Waals surface area contributed by atoms with E-state index in [0.29, 0.717) is 33.7 Å². The highest BCUT2D eigenvalue weighted by Crippen LogP contribution is 2.27. The number of aromatic nitrogens is 1. The van der Waals surface area contributed by atoms with Crippen molar-refractivity contribution in [2.45, 2.75) is 6.92 Å². The van der Waals surface area contributed by atoms with E-state index in [-0.39, 0.29) is 12.4 Å². The summed E-state index contributed by atoms with van der Waals surface area (Å²) in [5.74, 6) is -0.523. The first-order valence-electron chi connectivity index (χ1n) is 8.84. The van der Waals surface area contributed by atoms with Gasteiger partial charge in [0.15, 0.2) is 18.0 Å². The van der Waals surface area contributed by atoms with Crippen molar-refractivity contribution in [1.29, 1.82) is 0 Å². The molecule has 0 unspecified atom stereocenters. The molecule has 1 aromatic heterocycles. The first-order chi connectivity index (χ1) is 13.6. The number of ketones is 1. The molecule has 3 aromatic carbocycles. The number of esters is 1. The fourth-order valence-electron chi connectivity index (χ4n) is 2.87. The molecule has 0 aliphatic heterocycles. The normalized spacial score (nSPS) is 10.8. The predicted octanol–water partition coefficient (Wildman–Crippen LogP) is 4.84. The van der Waals surface area contributed by atoms with Crippen LogP contribution in [0, 0.1) is 6.92 Å². The number of carbonyl (C=O) groups excluding carboxylic acids is 2. The molecule has 0 amide bonds. The first kappa shape index (κ1) is 17.7. The van der Waals surface area contributed by atoms with Crippen LogP contribution in [-0.2, 0) is 4.74 Å². The number of fused-ring (bicyclic) bond motifs is 1. The van der Waals surface area contributed by atoms with E-state index in [9.17, 15) is 9.59 Å². The van der Waals surface area contributed by atoms with Gasteiger partial charge >= 0.3 is 5.97 Å². The van der Waals surface area contributed by atoms with Crippen molar-refractivity contribution in [1.82, 2.24) is 4.98 Å². The van der Waals surface area contributed by atoms with Crippen LogP contribution in [0.3, 0.4) is 0 Å². The van der Waals surface area contributed by atoms with Crippen LogP contribution in [0.2, 0.25) is 0 Å². The zero-order valence-electron chi connectivity index (χ0n) is 15.2. The summed E-state index contributed by atoms with van der Waals surface area (Å²) in [5.41, 5.74) is 3.72. The maximum absolute atomic E-state index is 12.6. The maximum atomic E-state index is 12.6. The molecule has 0 fully saturated rings. The number of oxazole rings is 1. The summed E-state index contributed by atoms with van der Waals surface area (Å²) < 4.78 is 11.0. The third-order valence-corrected chi connectivity index (χ3v) is 4.38. The Morgan fingerprint density at radius 3 is 2.43 bits per heavy atom. The molecule has 138 valence electrons. The van der Waals surface area contributed by atoms with E-state index < -0.39 is 5.97 Å². The first-order valence-corrected chi connectivity index (χ1v) is 8.84. The Labute approximate surface area is 161 Å². The summed E-state index contributed by atoms with van der Waals surface area (Å²) >= 11 is 0. The van der Waals surface area contributed by atoms with Gasteiger partial charge in [0.05, 0.1) is 11.1 Å². The lowest BCUT2D eigenvalue weighted by Crippen LogP contribution is -2.15. The van der Waals surface area contributed by atoms with E-state index in [1.807, 2.05) is 43.3 Å². The molecule has 0 spiro atoms. The number of nitrogens with zero attached hydrogens (tertiary/aromatic N) is 1. The summed E-state index contributed by atoms with van der Waals surface area (Å²) in [4.78, 5) is 29.3. The largest absolute Gasteiger partial charge is 0.454 e. The van der Waals surface area contributed by atoms with Gasteiger partial charge in [0.2, 0.25) is 5.89 Å². The lowest BCUT2D eigenvalue weighted by molar-refractivity contribution is 0.0475. The summed E-state index contributed by atoms with van der Waals surface area (Å²) in [7, 11) is 0. The number of Topliss-reactive ketones (excluding diaryl/α,β-unsaturated/α-hetero) is 1. The zero-order valence-corrected chi connectivity index (χ0v) is 15.2. The van der Waals surface area contributed by atoms with Crippen molar-refractivity contribution < 1.29 is 18.7 Å². The highest BCUT2D eigenvalue weighted by Gasteiger charge is 2.19. The Balaban J connectivity index is 1.55. The smallest absolute Gasteiger partial charge is 0.339 e. The highest BCUT2D eigenvalue weighted by molar-refractivity contribution is 6.01. The van der Waals surface area contributed by atoms with E-state index in [1.54, 1.807) is 36.4 Å². The molecule has 0 N–H and O–H groups in total. The molecule has 0 aliphatic rings. The lowest BCUT2D eigenvalue weighted by Gasteiger charge is -2.07. The molecule has 0 bridgehead atoms. The minimum atomic E-state index is -0.599. The number of hydrogen-bond donors (Lipinski definition) is 0. The molecule has 0 saturated carbocycles. The molecular formula is C23H17NO4. The van der Waals surface area contributed by atoms with Gasteiger partial charge in [-0.15, -0.1) is 0 Å². The summed E-state index contributed by atoms with van der Waals surface area (Å²) in [6.45, 7) is 1.61. The van der Waals surface area contributed by atoms with E-state index in [0.717, 1.165) is 5.56 Å². The second-order valence-corrected chi connectivity index (χ2v) is 6.40. The molecule has 0 radical (unpaired) electrons. The fourth-order valence-corrected chi connectivity index (χ4v) is 2.87. The topological polar surface area (TPSA) is 69.4 Å². The monoisotopic (exact) mass is 371 g/mol. The molecule has 28 heavy (non-hydrogen) atoms. The molecule has 5 nitrogen and oxygen atoms in total. The van der Waals surface area contributed by atoms with Gasteiger partial charge in [0.1, 0.15) is 5.52 Å². The van der Waals surface area contributed by atoms with Crippen LogP contribution < -0.4 is 0 Å². The fraction of sp³-hybridized carbons (Fsp3) is 0.0870. The van der Waals surface area contributed by atoms with E-state index >= 15 is 0 Å². The third kappa shape index (κ3) is 3.55. The SMILES string of the molecule is Cc1ccc(C(=O)COC(=O)c2ccccc2-c2nc3ccccc3o2)cc1. The second kappa shape index (κ2) is 7.48. The Bertz CT molecular complexity index is 1130. The molecule has 4 rings (SSSR count). The average molecular weight is 371 g/mol. The molecule has 0 atom stereocenters. The van der Waals surface area contributed by atoms with Gasteiger partial charge in [0.25, 0.3) is 0 Å². The quantitative estimate of drug-likeness (QED) is 0.371. The molecule has 0 aliphatic carbocycles. The Morgan fingerprint density at radius 1 is 0.929 bits per heavy atom. The van der Waals surface area contributed by atoms with Gasteiger partial charge in [-0.3, -0.25) is 4.79 Å². The number of ether oxygens (including phenoxy) is 1.